The van der Waals surface area contributed by atoms with Crippen LogP contribution in [-0.2, 0) is 29.1 Å². The van der Waals surface area contributed by atoms with Crippen LogP contribution in [0, 0.1) is 5.92 Å². The Morgan fingerprint density at radius 2 is 1.84 bits per heavy atom. The Bertz CT molecular complexity index is 1000. The number of amides is 4. The van der Waals surface area contributed by atoms with Crippen molar-refractivity contribution in [1.29, 1.82) is 0 Å². The molecule has 0 bridgehead atoms. The van der Waals surface area contributed by atoms with Gasteiger partial charge in [-0.2, -0.15) is 9.73 Å². The summed E-state index contributed by atoms with van der Waals surface area (Å²) < 4.78 is 31.5. The van der Waals surface area contributed by atoms with Gasteiger partial charge < -0.3 is 10.1 Å². The summed E-state index contributed by atoms with van der Waals surface area (Å²) in [6.07, 6.45) is 2.53. The zero-order chi connectivity index (χ0) is 23.5. The number of hydrazine groups is 1. The lowest BCUT2D eigenvalue weighted by Crippen LogP contribution is -2.52. The fourth-order valence-electron chi connectivity index (χ4n) is 3.68. The summed E-state index contributed by atoms with van der Waals surface area (Å²) >= 11 is 0. The first-order valence-corrected chi connectivity index (χ1v) is 11.7. The number of carbonyl (C=O) groups excluding carboxylic acids is 4. The number of ether oxygens (including phenoxy) is 1. The highest BCUT2D eigenvalue weighted by atomic mass is 32.2. The van der Waals surface area contributed by atoms with Crippen LogP contribution in [0.1, 0.15) is 39.5 Å². The number of benzene rings is 1. The molecule has 1 heterocycles. The maximum atomic E-state index is 12.7. The van der Waals surface area contributed by atoms with Crippen molar-refractivity contribution >= 4 is 33.8 Å². The molecule has 1 aliphatic heterocycles. The van der Waals surface area contributed by atoms with Gasteiger partial charge in [0.1, 0.15) is 11.6 Å². The second kappa shape index (κ2) is 9.25. The van der Waals surface area contributed by atoms with Gasteiger partial charge in [0.15, 0.2) is 6.61 Å². The zero-order valence-corrected chi connectivity index (χ0v) is 18.6. The van der Waals surface area contributed by atoms with Crippen molar-refractivity contribution in [2.75, 3.05) is 6.61 Å². The first-order chi connectivity index (χ1) is 15.0. The van der Waals surface area contributed by atoms with Crippen LogP contribution in [0.5, 0.6) is 0 Å². The number of nitrogens with zero attached hydrogens (tertiary/aromatic N) is 1. The maximum absolute atomic E-state index is 12.7. The molecule has 1 aromatic carbocycles. The number of urea groups is 1. The van der Waals surface area contributed by atoms with Crippen molar-refractivity contribution < 1.29 is 32.3 Å². The summed E-state index contributed by atoms with van der Waals surface area (Å²) in [4.78, 5) is 49.2. The maximum Gasteiger partial charge on any atom is 0.344 e. The lowest BCUT2D eigenvalue weighted by molar-refractivity contribution is -0.151. The van der Waals surface area contributed by atoms with Crippen molar-refractivity contribution in [2.24, 2.45) is 5.92 Å². The summed E-state index contributed by atoms with van der Waals surface area (Å²) in [6.45, 7) is 2.55. The fourth-order valence-corrected chi connectivity index (χ4v) is 4.90. The van der Waals surface area contributed by atoms with E-state index in [0.717, 1.165) is 12.8 Å². The van der Waals surface area contributed by atoms with E-state index in [2.05, 4.69) is 22.4 Å². The van der Waals surface area contributed by atoms with Crippen LogP contribution < -0.4 is 15.5 Å². The second-order valence-corrected chi connectivity index (χ2v) is 9.85. The summed E-state index contributed by atoms with van der Waals surface area (Å²) in [7, 11) is -3.95. The monoisotopic (exact) mass is 466 g/mol. The van der Waals surface area contributed by atoms with Crippen molar-refractivity contribution in [2.45, 2.75) is 56.0 Å². The molecule has 1 saturated heterocycles. The molecule has 0 radical (unpaired) electrons. The van der Waals surface area contributed by atoms with Gasteiger partial charge >= 0.3 is 12.0 Å². The second-order valence-electron chi connectivity index (χ2n) is 8.13. The third-order valence-electron chi connectivity index (χ3n) is 5.61. The molecule has 1 aromatic rings. The van der Waals surface area contributed by atoms with Crippen LogP contribution >= 0.6 is 0 Å². The van der Waals surface area contributed by atoms with Gasteiger partial charge in [-0.1, -0.05) is 25.1 Å². The van der Waals surface area contributed by atoms with E-state index in [9.17, 15) is 27.6 Å². The van der Waals surface area contributed by atoms with Crippen LogP contribution in [0.25, 0.3) is 0 Å². The third-order valence-corrected chi connectivity index (χ3v) is 7.17. The standard InChI is InChI=1S/C20H26N4O7S/c1-13-8-10-20(11-9-13)18(27)24(19(28)21-20)22-16(25)12-31-17(26)14(2)23-32(29,30)15-6-4-3-5-7-15/h3-7,13-14,23H,8-12H2,1-2H3,(H,21,28)(H,22,25). The van der Waals surface area contributed by atoms with E-state index >= 15 is 0 Å². The van der Waals surface area contributed by atoms with Crippen molar-refractivity contribution in [3.05, 3.63) is 30.3 Å². The van der Waals surface area contributed by atoms with Crippen LogP contribution in [0.3, 0.4) is 0 Å². The van der Waals surface area contributed by atoms with E-state index in [0.29, 0.717) is 23.8 Å². The highest BCUT2D eigenvalue weighted by Gasteiger charge is 2.52. The minimum Gasteiger partial charge on any atom is -0.454 e. The van der Waals surface area contributed by atoms with E-state index in [1.807, 2.05) is 0 Å². The Hall–Kier alpha value is -2.99. The van der Waals surface area contributed by atoms with Gasteiger partial charge in [-0.15, -0.1) is 0 Å². The van der Waals surface area contributed by atoms with E-state index in [4.69, 9.17) is 4.74 Å². The number of hydrogen-bond donors (Lipinski definition) is 3. The molecule has 2 aliphatic rings. The molecule has 12 heteroatoms. The Labute approximate surface area is 185 Å². The van der Waals surface area contributed by atoms with Gasteiger partial charge in [-0.05, 0) is 50.7 Å². The number of hydrogen-bond acceptors (Lipinski definition) is 7. The van der Waals surface area contributed by atoms with Crippen LogP contribution in [0.2, 0.25) is 0 Å². The van der Waals surface area contributed by atoms with Crippen LogP contribution in [0.15, 0.2) is 35.2 Å². The molecule has 1 aliphatic carbocycles. The average molecular weight is 467 g/mol. The molecule has 1 unspecified atom stereocenters. The molecule has 11 nitrogen and oxygen atoms in total. The van der Waals surface area contributed by atoms with Gasteiger partial charge in [0.2, 0.25) is 10.0 Å². The Morgan fingerprint density at radius 1 is 1.22 bits per heavy atom. The predicted octanol–water partition coefficient (Wildman–Crippen LogP) is 0.429. The van der Waals surface area contributed by atoms with Crippen molar-refractivity contribution in [3.8, 4) is 0 Å². The molecule has 0 aromatic heterocycles. The molecule has 1 spiro atoms. The van der Waals surface area contributed by atoms with Crippen molar-refractivity contribution in [1.82, 2.24) is 20.5 Å². The molecule has 1 atom stereocenters. The quantitative estimate of drug-likeness (QED) is 0.389. The first kappa shape index (κ1) is 23.7. The Kier molecular flexibility index (Phi) is 6.84. The molecule has 4 amide bonds. The number of carbonyl (C=O) groups is 4. The summed E-state index contributed by atoms with van der Waals surface area (Å²) in [6, 6.07) is 5.45. The molecule has 3 rings (SSSR count). The minimum atomic E-state index is -3.95. The first-order valence-electron chi connectivity index (χ1n) is 10.2. The number of rotatable bonds is 7. The minimum absolute atomic E-state index is 0.0259. The third kappa shape index (κ3) is 5.07. The highest BCUT2D eigenvalue weighted by Crippen LogP contribution is 2.35. The number of nitrogens with one attached hydrogen (secondary N) is 3. The average Bonchev–Trinajstić information content (AvgIpc) is 2.98. The van der Waals surface area contributed by atoms with Gasteiger partial charge in [-0.25, -0.2) is 13.2 Å². The van der Waals surface area contributed by atoms with Crippen molar-refractivity contribution in [3.63, 3.8) is 0 Å². The number of esters is 1. The molecular formula is C20H26N4O7S. The van der Waals surface area contributed by atoms with Gasteiger partial charge in [0.25, 0.3) is 11.8 Å². The predicted molar refractivity (Wildman–Crippen MR) is 111 cm³/mol. The highest BCUT2D eigenvalue weighted by molar-refractivity contribution is 7.89. The fraction of sp³-hybridized carbons (Fsp3) is 0.500. The van der Waals surface area contributed by atoms with E-state index in [-0.39, 0.29) is 4.90 Å². The van der Waals surface area contributed by atoms with Gasteiger partial charge in [0.05, 0.1) is 4.90 Å². The van der Waals surface area contributed by atoms with Crippen LogP contribution in [0.4, 0.5) is 4.79 Å². The Balaban J connectivity index is 1.50. The molecule has 2 fully saturated rings. The number of imide groups is 1. The smallest absolute Gasteiger partial charge is 0.344 e. The SMILES string of the molecule is CC1CCC2(CC1)NC(=O)N(NC(=O)COC(=O)C(C)NS(=O)(=O)c1ccccc1)C2=O. The largest absolute Gasteiger partial charge is 0.454 e. The van der Waals surface area contributed by atoms with Gasteiger partial charge in [0, 0.05) is 0 Å². The summed E-state index contributed by atoms with van der Waals surface area (Å²) in [5, 5.41) is 3.26. The molecule has 3 N–H and O–H groups in total. The van der Waals surface area contributed by atoms with E-state index in [1.165, 1.54) is 31.2 Å². The lowest BCUT2D eigenvalue weighted by atomic mass is 9.77. The van der Waals surface area contributed by atoms with Crippen LogP contribution in [-0.4, -0.2) is 55.4 Å². The molecule has 1 saturated carbocycles. The normalized spacial score (nSPS) is 24.2. The van der Waals surface area contributed by atoms with E-state index < -0.39 is 52.0 Å². The zero-order valence-electron chi connectivity index (χ0n) is 17.8. The topological polar surface area (TPSA) is 151 Å². The summed E-state index contributed by atoms with van der Waals surface area (Å²) in [5.74, 6) is -1.98. The number of sulfonamides is 1. The lowest BCUT2D eigenvalue weighted by Gasteiger charge is -2.33. The van der Waals surface area contributed by atoms with Gasteiger partial charge in [-0.3, -0.25) is 19.8 Å². The Morgan fingerprint density at radius 3 is 2.47 bits per heavy atom. The molecule has 174 valence electrons. The molecule has 32 heavy (non-hydrogen) atoms. The summed E-state index contributed by atoms with van der Waals surface area (Å²) in [5.41, 5.74) is 1.13. The molecular weight excluding hydrogens is 440 g/mol. The van der Waals surface area contributed by atoms with E-state index in [1.54, 1.807) is 6.07 Å².